The highest BCUT2D eigenvalue weighted by Gasteiger charge is 2.17. The number of hydrogen-bond donors (Lipinski definition) is 1. The van der Waals surface area contributed by atoms with Gasteiger partial charge in [-0.1, -0.05) is 20.8 Å². The fourth-order valence-electron chi connectivity index (χ4n) is 1.81. The lowest BCUT2D eigenvalue weighted by Gasteiger charge is -2.26. The van der Waals surface area contributed by atoms with E-state index in [4.69, 9.17) is 4.42 Å². The van der Waals surface area contributed by atoms with Gasteiger partial charge >= 0.3 is 0 Å². The third-order valence-corrected chi connectivity index (χ3v) is 2.70. The minimum atomic E-state index is 0.405. The average molecular weight is 253 g/mol. The highest BCUT2D eigenvalue weighted by molar-refractivity contribution is 5.28. The summed E-state index contributed by atoms with van der Waals surface area (Å²) in [6.45, 7) is 13.7. The van der Waals surface area contributed by atoms with Crippen LogP contribution >= 0.6 is 0 Å². The molecule has 0 spiro atoms. The summed E-state index contributed by atoms with van der Waals surface area (Å²) < 4.78 is 5.59. The fraction of sp³-hybridized carbons (Fsp3) is 0.786. The lowest BCUT2D eigenvalue weighted by Crippen LogP contribution is -2.34. The Bertz CT molecular complexity index is 334. The van der Waals surface area contributed by atoms with E-state index in [-0.39, 0.29) is 0 Å². The summed E-state index contributed by atoms with van der Waals surface area (Å²) in [4.78, 5) is 6.77. The Kier molecular flexibility index (Phi) is 6.19. The summed E-state index contributed by atoms with van der Waals surface area (Å²) in [5.74, 6) is 0.598. The molecule has 1 aromatic rings. The molecule has 4 heteroatoms. The third-order valence-electron chi connectivity index (χ3n) is 2.70. The molecule has 0 fully saturated rings. The predicted molar refractivity (Wildman–Crippen MR) is 75.8 cm³/mol. The first-order valence-electron chi connectivity index (χ1n) is 6.96. The molecule has 0 saturated carbocycles. The van der Waals surface area contributed by atoms with Crippen molar-refractivity contribution in [3.63, 3.8) is 0 Å². The molecule has 0 aromatic carbocycles. The van der Waals surface area contributed by atoms with E-state index in [0.29, 0.717) is 12.0 Å². The zero-order valence-corrected chi connectivity index (χ0v) is 12.4. The van der Waals surface area contributed by atoms with Crippen molar-refractivity contribution in [3.8, 4) is 0 Å². The maximum atomic E-state index is 5.59. The Hall–Kier alpha value is -1.03. The van der Waals surface area contributed by atoms with Gasteiger partial charge in [0.2, 0.25) is 0 Å². The number of nitrogens with one attached hydrogen (secondary N) is 1. The van der Waals surface area contributed by atoms with Crippen molar-refractivity contribution in [3.05, 3.63) is 12.0 Å². The Morgan fingerprint density at radius 2 is 2.06 bits per heavy atom. The first-order valence-corrected chi connectivity index (χ1v) is 6.96. The molecule has 0 amide bonds. The van der Waals surface area contributed by atoms with Crippen molar-refractivity contribution in [2.45, 2.75) is 53.6 Å². The van der Waals surface area contributed by atoms with Gasteiger partial charge in [-0.05, 0) is 32.7 Å². The first kappa shape index (κ1) is 15.0. The molecule has 1 N–H and O–H groups in total. The highest BCUT2D eigenvalue weighted by Crippen LogP contribution is 2.18. The predicted octanol–water partition coefficient (Wildman–Crippen LogP) is 3.05. The Morgan fingerprint density at radius 3 is 2.61 bits per heavy atom. The summed E-state index contributed by atoms with van der Waals surface area (Å²) in [5, 5.41) is 3.33. The van der Waals surface area contributed by atoms with Crippen LogP contribution in [0.4, 0.5) is 6.01 Å². The van der Waals surface area contributed by atoms with Crippen LogP contribution in [0.3, 0.4) is 0 Å². The quantitative estimate of drug-likeness (QED) is 0.723. The van der Waals surface area contributed by atoms with Crippen LogP contribution in [0, 0.1) is 5.92 Å². The van der Waals surface area contributed by atoms with E-state index >= 15 is 0 Å². The molecular weight excluding hydrogens is 226 g/mol. The van der Waals surface area contributed by atoms with Crippen molar-refractivity contribution >= 4 is 6.01 Å². The first-order chi connectivity index (χ1) is 8.54. The number of anilines is 1. The number of nitrogens with zero attached hydrogens (tertiary/aromatic N) is 2. The normalized spacial score (nSPS) is 11.5. The van der Waals surface area contributed by atoms with Gasteiger partial charge < -0.3 is 14.6 Å². The van der Waals surface area contributed by atoms with Crippen LogP contribution in [0.2, 0.25) is 0 Å². The number of oxazole rings is 1. The van der Waals surface area contributed by atoms with Gasteiger partial charge in [0.15, 0.2) is 0 Å². The summed E-state index contributed by atoms with van der Waals surface area (Å²) in [7, 11) is 0. The lowest BCUT2D eigenvalue weighted by molar-refractivity contribution is 0.482. The second kappa shape index (κ2) is 7.41. The summed E-state index contributed by atoms with van der Waals surface area (Å²) >= 11 is 0. The van der Waals surface area contributed by atoms with Gasteiger partial charge in [0.1, 0.15) is 6.26 Å². The standard InChI is InChI=1S/C14H27N3O/c1-6-7-15-8-13-10-18-14(16-13)17(12(4)5)9-11(2)3/h10-12,15H,6-9H2,1-5H3. The molecule has 1 heterocycles. The van der Waals surface area contributed by atoms with Gasteiger partial charge in [-0.2, -0.15) is 4.98 Å². The minimum absolute atomic E-state index is 0.405. The van der Waals surface area contributed by atoms with E-state index in [2.05, 4.69) is 49.8 Å². The lowest BCUT2D eigenvalue weighted by atomic mass is 10.2. The largest absolute Gasteiger partial charge is 0.432 e. The number of aromatic nitrogens is 1. The molecular formula is C14H27N3O. The molecule has 18 heavy (non-hydrogen) atoms. The van der Waals surface area contributed by atoms with Crippen molar-refractivity contribution < 1.29 is 4.42 Å². The number of rotatable bonds is 8. The molecule has 1 rings (SSSR count). The Labute approximate surface area is 111 Å². The van der Waals surface area contributed by atoms with Gasteiger partial charge in [0, 0.05) is 19.1 Å². The number of hydrogen-bond acceptors (Lipinski definition) is 4. The topological polar surface area (TPSA) is 41.3 Å². The van der Waals surface area contributed by atoms with Gasteiger partial charge in [0.25, 0.3) is 6.01 Å². The van der Waals surface area contributed by atoms with E-state index < -0.39 is 0 Å². The molecule has 0 aliphatic heterocycles. The Morgan fingerprint density at radius 1 is 1.33 bits per heavy atom. The van der Waals surface area contributed by atoms with Crippen molar-refractivity contribution in [2.24, 2.45) is 5.92 Å². The van der Waals surface area contributed by atoms with Crippen molar-refractivity contribution in [1.82, 2.24) is 10.3 Å². The van der Waals surface area contributed by atoms with Gasteiger partial charge in [0.05, 0.1) is 5.69 Å². The maximum absolute atomic E-state index is 5.59. The van der Waals surface area contributed by atoms with Crippen LogP contribution in [0.25, 0.3) is 0 Å². The van der Waals surface area contributed by atoms with Crippen molar-refractivity contribution in [2.75, 3.05) is 18.0 Å². The summed E-state index contributed by atoms with van der Waals surface area (Å²) in [6.07, 6.45) is 2.89. The highest BCUT2D eigenvalue weighted by atomic mass is 16.4. The van der Waals surface area contributed by atoms with Crippen LogP contribution in [-0.4, -0.2) is 24.1 Å². The van der Waals surface area contributed by atoms with Gasteiger partial charge in [-0.3, -0.25) is 0 Å². The molecule has 0 bridgehead atoms. The third kappa shape index (κ3) is 4.69. The molecule has 0 aliphatic rings. The molecule has 104 valence electrons. The summed E-state index contributed by atoms with van der Waals surface area (Å²) in [5.41, 5.74) is 0.979. The van der Waals surface area contributed by atoms with E-state index in [1.54, 1.807) is 6.26 Å². The fourth-order valence-corrected chi connectivity index (χ4v) is 1.81. The second-order valence-electron chi connectivity index (χ2n) is 5.44. The van der Waals surface area contributed by atoms with Crippen molar-refractivity contribution in [1.29, 1.82) is 0 Å². The molecule has 0 aliphatic carbocycles. The SMILES string of the molecule is CCCNCc1coc(N(CC(C)C)C(C)C)n1. The zero-order valence-electron chi connectivity index (χ0n) is 12.4. The van der Waals surface area contributed by atoms with E-state index in [1.165, 1.54) is 0 Å². The van der Waals surface area contributed by atoms with E-state index in [9.17, 15) is 0 Å². The Balaban J connectivity index is 2.62. The van der Waals surface area contributed by atoms with E-state index in [1.807, 2.05) is 0 Å². The summed E-state index contributed by atoms with van der Waals surface area (Å²) in [6, 6.07) is 1.15. The van der Waals surface area contributed by atoms with Crippen LogP contribution in [0.1, 0.15) is 46.7 Å². The zero-order chi connectivity index (χ0) is 13.5. The monoisotopic (exact) mass is 253 g/mol. The smallest absolute Gasteiger partial charge is 0.297 e. The minimum Gasteiger partial charge on any atom is -0.432 e. The van der Waals surface area contributed by atoms with Crippen LogP contribution in [0.15, 0.2) is 10.7 Å². The van der Waals surface area contributed by atoms with Crippen LogP contribution in [-0.2, 0) is 6.54 Å². The van der Waals surface area contributed by atoms with Crippen LogP contribution < -0.4 is 10.2 Å². The second-order valence-corrected chi connectivity index (χ2v) is 5.44. The molecule has 0 unspecified atom stereocenters. The average Bonchev–Trinajstić information content (AvgIpc) is 2.74. The van der Waals surface area contributed by atoms with Gasteiger partial charge in [-0.15, -0.1) is 0 Å². The molecule has 4 nitrogen and oxygen atoms in total. The van der Waals surface area contributed by atoms with Crippen LogP contribution in [0.5, 0.6) is 0 Å². The maximum Gasteiger partial charge on any atom is 0.297 e. The molecule has 0 atom stereocenters. The van der Waals surface area contributed by atoms with Gasteiger partial charge in [-0.25, -0.2) is 0 Å². The van der Waals surface area contributed by atoms with E-state index in [0.717, 1.165) is 37.8 Å². The molecule has 0 saturated heterocycles. The molecule has 1 aromatic heterocycles. The molecule has 0 radical (unpaired) electrons.